The number of hydrogen-bond donors (Lipinski definition) is 0. The molecule has 0 bridgehead atoms. The SMILES string of the molecule is Brc1ccc2c(c1)C1(c3ccccc3-2)c2ccccc2-c2c1ccc1c2oc2ccccc21. The molecule has 6 aromatic rings. The summed E-state index contributed by atoms with van der Waals surface area (Å²) in [6.45, 7) is 0. The van der Waals surface area contributed by atoms with E-state index in [0.29, 0.717) is 0 Å². The third-order valence-corrected chi connectivity index (χ3v) is 8.05. The fraction of sp³-hybridized carbons (Fsp3) is 0.0323. The molecule has 2 aliphatic rings. The second-order valence-corrected chi connectivity index (χ2v) is 9.91. The Balaban J connectivity index is 1.62. The summed E-state index contributed by atoms with van der Waals surface area (Å²) in [4.78, 5) is 0. The molecular formula is C31H17BrO. The summed E-state index contributed by atoms with van der Waals surface area (Å²) >= 11 is 3.76. The molecule has 1 unspecified atom stereocenters. The molecule has 0 saturated heterocycles. The van der Waals surface area contributed by atoms with Crippen molar-refractivity contribution >= 4 is 37.9 Å². The Labute approximate surface area is 199 Å². The molecule has 0 N–H and O–H groups in total. The van der Waals surface area contributed by atoms with Gasteiger partial charge in [-0.2, -0.15) is 0 Å². The third kappa shape index (κ3) is 2.00. The summed E-state index contributed by atoms with van der Waals surface area (Å²) in [5.41, 5.74) is 12.0. The first-order chi connectivity index (χ1) is 16.3. The number of para-hydroxylation sites is 1. The van der Waals surface area contributed by atoms with Crippen molar-refractivity contribution in [1.82, 2.24) is 0 Å². The van der Waals surface area contributed by atoms with Gasteiger partial charge in [-0.25, -0.2) is 0 Å². The van der Waals surface area contributed by atoms with Crippen LogP contribution < -0.4 is 0 Å². The molecule has 5 aromatic carbocycles. The maximum atomic E-state index is 6.55. The molecule has 1 heterocycles. The Hall–Kier alpha value is -3.62. The average Bonchev–Trinajstić information content (AvgIpc) is 3.47. The highest BCUT2D eigenvalue weighted by Gasteiger charge is 2.52. The number of furan rings is 1. The van der Waals surface area contributed by atoms with E-state index >= 15 is 0 Å². The first-order valence-corrected chi connectivity index (χ1v) is 12.0. The second kappa shape index (κ2) is 6.03. The van der Waals surface area contributed by atoms with Gasteiger partial charge < -0.3 is 4.42 Å². The van der Waals surface area contributed by atoms with Crippen molar-refractivity contribution in [2.24, 2.45) is 0 Å². The van der Waals surface area contributed by atoms with Crippen LogP contribution in [0.25, 0.3) is 44.2 Å². The molecule has 1 nitrogen and oxygen atoms in total. The van der Waals surface area contributed by atoms with Gasteiger partial charge in [0, 0.05) is 20.8 Å². The molecule has 1 spiro atoms. The van der Waals surface area contributed by atoms with Crippen molar-refractivity contribution in [2.75, 3.05) is 0 Å². The van der Waals surface area contributed by atoms with Crippen molar-refractivity contribution in [3.63, 3.8) is 0 Å². The van der Waals surface area contributed by atoms with Gasteiger partial charge in [-0.3, -0.25) is 0 Å². The van der Waals surface area contributed by atoms with E-state index in [-0.39, 0.29) is 5.41 Å². The van der Waals surface area contributed by atoms with Gasteiger partial charge in [0.25, 0.3) is 0 Å². The lowest BCUT2D eigenvalue weighted by Crippen LogP contribution is -2.25. The van der Waals surface area contributed by atoms with Gasteiger partial charge in [0.2, 0.25) is 0 Å². The monoisotopic (exact) mass is 484 g/mol. The minimum Gasteiger partial charge on any atom is -0.455 e. The minimum atomic E-state index is -0.352. The second-order valence-electron chi connectivity index (χ2n) is 8.99. The van der Waals surface area contributed by atoms with Crippen molar-refractivity contribution in [1.29, 1.82) is 0 Å². The average molecular weight is 485 g/mol. The van der Waals surface area contributed by atoms with Crippen LogP contribution in [0.15, 0.2) is 112 Å². The summed E-state index contributed by atoms with van der Waals surface area (Å²) in [6.07, 6.45) is 0. The van der Waals surface area contributed by atoms with E-state index in [2.05, 4.69) is 113 Å². The standard InChI is InChI=1S/C31H17BrO/c32-18-13-14-20-19-7-1-4-10-24(19)31(27(20)17-18)25-11-5-2-9-23(25)29-26(31)16-15-22-21-8-3-6-12-28(21)33-30(22)29/h1-17H. The van der Waals surface area contributed by atoms with Crippen LogP contribution in [0.5, 0.6) is 0 Å². The smallest absolute Gasteiger partial charge is 0.143 e. The number of hydrogen-bond acceptors (Lipinski definition) is 1. The van der Waals surface area contributed by atoms with E-state index in [1.54, 1.807) is 0 Å². The predicted octanol–water partition coefficient (Wildman–Crippen LogP) is 8.69. The van der Waals surface area contributed by atoms with Gasteiger partial charge in [0.05, 0.1) is 5.41 Å². The highest BCUT2D eigenvalue weighted by atomic mass is 79.9. The Kier molecular flexibility index (Phi) is 3.27. The molecule has 0 fully saturated rings. The van der Waals surface area contributed by atoms with Crippen LogP contribution in [0.1, 0.15) is 22.3 Å². The zero-order valence-electron chi connectivity index (χ0n) is 17.6. The van der Waals surface area contributed by atoms with Gasteiger partial charge in [-0.15, -0.1) is 0 Å². The van der Waals surface area contributed by atoms with Crippen LogP contribution in [0.3, 0.4) is 0 Å². The van der Waals surface area contributed by atoms with Crippen LogP contribution >= 0.6 is 15.9 Å². The molecular weight excluding hydrogens is 468 g/mol. The lowest BCUT2D eigenvalue weighted by molar-refractivity contribution is 0.669. The first kappa shape index (κ1) is 17.9. The molecule has 2 heteroatoms. The Bertz CT molecular complexity index is 1790. The fourth-order valence-electron chi connectivity index (χ4n) is 6.37. The largest absolute Gasteiger partial charge is 0.455 e. The number of benzene rings is 5. The molecule has 0 saturated carbocycles. The van der Waals surface area contributed by atoms with Gasteiger partial charge in [0.1, 0.15) is 11.2 Å². The van der Waals surface area contributed by atoms with E-state index in [1.165, 1.54) is 55.3 Å². The van der Waals surface area contributed by atoms with Crippen LogP contribution in [0, 0.1) is 0 Å². The summed E-state index contributed by atoms with van der Waals surface area (Å²) in [7, 11) is 0. The lowest BCUT2D eigenvalue weighted by Gasteiger charge is -2.30. The van der Waals surface area contributed by atoms with Gasteiger partial charge in [-0.05, 0) is 57.1 Å². The summed E-state index contributed by atoms with van der Waals surface area (Å²) in [6, 6.07) is 37.4. The highest BCUT2D eigenvalue weighted by Crippen LogP contribution is 2.64. The van der Waals surface area contributed by atoms with Crippen LogP contribution in [0.2, 0.25) is 0 Å². The Morgan fingerprint density at radius 3 is 2.12 bits per heavy atom. The van der Waals surface area contributed by atoms with Gasteiger partial charge in [-0.1, -0.05) is 101 Å². The number of fused-ring (bicyclic) bond motifs is 14. The van der Waals surface area contributed by atoms with Crippen LogP contribution in [-0.4, -0.2) is 0 Å². The van der Waals surface area contributed by atoms with E-state index in [4.69, 9.17) is 4.42 Å². The van der Waals surface area contributed by atoms with Crippen molar-refractivity contribution < 1.29 is 4.42 Å². The van der Waals surface area contributed by atoms with Gasteiger partial charge >= 0.3 is 0 Å². The molecule has 0 aliphatic heterocycles. The molecule has 154 valence electrons. The Morgan fingerprint density at radius 2 is 1.24 bits per heavy atom. The molecule has 0 amide bonds. The van der Waals surface area contributed by atoms with E-state index < -0.39 is 0 Å². The molecule has 1 atom stereocenters. The maximum Gasteiger partial charge on any atom is 0.143 e. The highest BCUT2D eigenvalue weighted by molar-refractivity contribution is 9.10. The zero-order chi connectivity index (χ0) is 21.7. The summed E-state index contributed by atoms with van der Waals surface area (Å²) < 4.78 is 7.65. The van der Waals surface area contributed by atoms with E-state index in [9.17, 15) is 0 Å². The van der Waals surface area contributed by atoms with Crippen molar-refractivity contribution in [3.8, 4) is 22.3 Å². The predicted molar refractivity (Wildman–Crippen MR) is 138 cm³/mol. The van der Waals surface area contributed by atoms with Crippen molar-refractivity contribution in [2.45, 2.75) is 5.41 Å². The quantitative estimate of drug-likeness (QED) is 0.209. The minimum absolute atomic E-state index is 0.352. The van der Waals surface area contributed by atoms with Gasteiger partial charge in [0.15, 0.2) is 0 Å². The summed E-state index contributed by atoms with van der Waals surface area (Å²) in [5, 5.41) is 2.35. The lowest BCUT2D eigenvalue weighted by atomic mass is 9.70. The van der Waals surface area contributed by atoms with Crippen LogP contribution in [0.4, 0.5) is 0 Å². The normalized spacial score (nSPS) is 17.4. The molecule has 0 radical (unpaired) electrons. The van der Waals surface area contributed by atoms with E-state index in [0.717, 1.165) is 15.6 Å². The zero-order valence-corrected chi connectivity index (χ0v) is 19.2. The molecule has 1 aromatic heterocycles. The molecule has 2 aliphatic carbocycles. The number of rotatable bonds is 0. The topological polar surface area (TPSA) is 13.1 Å². The fourth-order valence-corrected chi connectivity index (χ4v) is 6.74. The van der Waals surface area contributed by atoms with Crippen molar-refractivity contribution in [3.05, 3.63) is 130 Å². The van der Waals surface area contributed by atoms with E-state index in [1.807, 2.05) is 6.07 Å². The Morgan fingerprint density at radius 1 is 0.545 bits per heavy atom. The third-order valence-electron chi connectivity index (χ3n) is 7.56. The maximum absolute atomic E-state index is 6.55. The first-order valence-electron chi connectivity index (χ1n) is 11.2. The summed E-state index contributed by atoms with van der Waals surface area (Å²) in [5.74, 6) is 0. The number of halogens is 1. The molecule has 8 rings (SSSR count). The molecule has 33 heavy (non-hydrogen) atoms. The van der Waals surface area contributed by atoms with Crippen LogP contribution in [-0.2, 0) is 5.41 Å².